The van der Waals surface area contributed by atoms with E-state index in [0.717, 1.165) is 103 Å². The van der Waals surface area contributed by atoms with Crippen molar-refractivity contribution in [1.29, 1.82) is 0 Å². The second kappa shape index (κ2) is 32.2. The molecule has 0 saturated carbocycles. The molecule has 0 fully saturated rings. The number of ether oxygens (including phenoxy) is 1. The van der Waals surface area contributed by atoms with E-state index in [1.807, 2.05) is 0 Å². The van der Waals surface area contributed by atoms with Gasteiger partial charge >= 0.3 is 11.9 Å². The number of hydrogen-bond donors (Lipinski definition) is 1. The molecule has 0 amide bonds. The minimum atomic E-state index is -4.30. The molecule has 0 aromatic heterocycles. The minimum Gasteiger partial charge on any atom is -0.481 e. The van der Waals surface area contributed by atoms with E-state index in [1.165, 1.54) is 6.08 Å². The third kappa shape index (κ3) is 31.2. The molecule has 0 heterocycles. The molecular weight excluding hydrogens is 496 g/mol. The average molecular weight is 582 g/mol. The standard InChI is InChI=1S/C36H68O4/c1-3-5-7-9-10-11-12-13-14-15-16-17-22-25-29-33-36(39)40-34(30-26-8-6-4-2)31-27-23-20-18-19-21-24-28-32-35(37)38/h13-14,34H,3-12,15-33H2,1-2H3,(H,37,38)/b14-13-/i1D3,3D2,5D2,7D2,9D2,10D2,11D2,12D2. The van der Waals surface area contributed by atoms with E-state index in [-0.39, 0.29) is 31.3 Å². The van der Waals surface area contributed by atoms with E-state index < -0.39 is 57.4 Å². The van der Waals surface area contributed by atoms with Crippen LogP contribution in [0.5, 0.6) is 0 Å². The Morgan fingerprint density at radius 3 is 1.90 bits per heavy atom. The van der Waals surface area contributed by atoms with Gasteiger partial charge in [-0.3, -0.25) is 9.59 Å². The number of unbranched alkanes of at least 4 members (excludes halogenated alkanes) is 15. The summed E-state index contributed by atoms with van der Waals surface area (Å²) in [4.78, 5) is 23.3. The predicted octanol–water partition coefficient (Wildman–Crippen LogP) is 11.9. The molecule has 0 spiro atoms. The van der Waals surface area contributed by atoms with Crippen molar-refractivity contribution in [2.24, 2.45) is 0 Å². The summed E-state index contributed by atoms with van der Waals surface area (Å²) in [6, 6.07) is 0. The highest BCUT2D eigenvalue weighted by Crippen LogP contribution is 2.18. The molecule has 0 rings (SSSR count). The summed E-state index contributed by atoms with van der Waals surface area (Å²) < 4.78 is 141. The van der Waals surface area contributed by atoms with Crippen LogP contribution < -0.4 is 0 Å². The quantitative estimate of drug-likeness (QED) is 0.0487. The van der Waals surface area contributed by atoms with E-state index in [1.54, 1.807) is 0 Å². The summed E-state index contributed by atoms with van der Waals surface area (Å²) in [5, 5.41) is 8.72. The SMILES string of the molecule is [2H]C([2H])([2H])C([2H])([2H])C([2H])([2H])C([2H])([2H])C([2H])([2H])C([2H])([2H])C([2H])([2H])C([2H])([2H])/C=C\CCCCCCCC(=O)OC(CCCCCC)CCCCCCCCCCC(=O)O. The van der Waals surface area contributed by atoms with Gasteiger partial charge in [0.2, 0.25) is 0 Å². The van der Waals surface area contributed by atoms with Gasteiger partial charge in [0.25, 0.3) is 0 Å². The minimum absolute atomic E-state index is 0.101. The summed E-state index contributed by atoms with van der Waals surface area (Å²) in [6.45, 7) is -1.66. The van der Waals surface area contributed by atoms with Crippen LogP contribution in [0.1, 0.15) is 223 Å². The molecule has 0 saturated heterocycles. The fourth-order valence-electron chi connectivity index (χ4n) is 4.42. The van der Waals surface area contributed by atoms with Gasteiger partial charge in [0, 0.05) is 36.1 Å². The molecule has 0 bridgehead atoms. The molecular formula is C36H68O4. The van der Waals surface area contributed by atoms with Crippen LogP contribution in [-0.4, -0.2) is 23.1 Å². The molecule has 40 heavy (non-hydrogen) atoms. The van der Waals surface area contributed by atoms with Crippen molar-refractivity contribution in [2.75, 3.05) is 0 Å². The number of carboxylic acids is 1. The Bertz CT molecular complexity index is 1200. The van der Waals surface area contributed by atoms with E-state index in [9.17, 15) is 9.59 Å². The Morgan fingerprint density at radius 1 is 0.700 bits per heavy atom. The first-order chi connectivity index (χ1) is 26.0. The summed E-state index contributed by atoms with van der Waals surface area (Å²) in [7, 11) is 0. The zero-order valence-electron chi connectivity index (χ0n) is 42.0. The zero-order chi connectivity index (χ0) is 44.4. The van der Waals surface area contributed by atoms with Crippen LogP contribution >= 0.6 is 0 Å². The molecule has 1 N–H and O–H groups in total. The molecule has 0 aliphatic rings. The lowest BCUT2D eigenvalue weighted by Crippen LogP contribution is -2.18. The fourth-order valence-corrected chi connectivity index (χ4v) is 4.42. The van der Waals surface area contributed by atoms with E-state index in [4.69, 9.17) is 33.1 Å². The topological polar surface area (TPSA) is 63.6 Å². The third-order valence-electron chi connectivity index (χ3n) is 6.68. The van der Waals surface area contributed by atoms with Gasteiger partial charge in [0.05, 0.1) is 0 Å². The van der Waals surface area contributed by atoms with Crippen LogP contribution in [0, 0.1) is 0 Å². The molecule has 0 aromatic rings. The van der Waals surface area contributed by atoms with Gasteiger partial charge in [-0.1, -0.05) is 135 Å². The van der Waals surface area contributed by atoms with Crippen molar-refractivity contribution in [3.05, 3.63) is 12.2 Å². The molecule has 4 nitrogen and oxygen atoms in total. The summed E-state index contributed by atoms with van der Waals surface area (Å²) >= 11 is 0. The Hall–Kier alpha value is -1.32. The second-order valence-electron chi connectivity index (χ2n) is 10.3. The summed E-state index contributed by atoms with van der Waals surface area (Å²) in [5.41, 5.74) is 0. The molecule has 1 unspecified atom stereocenters. The number of carbonyl (C=O) groups excluding carboxylic acids is 1. The van der Waals surface area contributed by atoms with Crippen LogP contribution in [0.15, 0.2) is 12.2 Å². The summed E-state index contributed by atoms with van der Waals surface area (Å²) in [5.74, 6) is -0.971. The lowest BCUT2D eigenvalue weighted by atomic mass is 10.0. The zero-order valence-corrected chi connectivity index (χ0v) is 25.0. The van der Waals surface area contributed by atoms with Crippen molar-refractivity contribution in [2.45, 2.75) is 206 Å². The second-order valence-corrected chi connectivity index (χ2v) is 10.3. The van der Waals surface area contributed by atoms with E-state index in [0.29, 0.717) is 25.3 Å². The number of rotatable bonds is 32. The number of carbonyl (C=O) groups is 2. The first-order valence-electron chi connectivity index (χ1n) is 24.1. The number of carboxylic acid groups (broad SMARTS) is 1. The van der Waals surface area contributed by atoms with Gasteiger partial charge < -0.3 is 9.84 Å². The maximum atomic E-state index is 12.7. The van der Waals surface area contributed by atoms with Crippen LogP contribution in [0.3, 0.4) is 0 Å². The molecule has 1 atom stereocenters. The smallest absolute Gasteiger partial charge is 0.306 e. The lowest BCUT2D eigenvalue weighted by molar-refractivity contribution is -0.150. The van der Waals surface area contributed by atoms with Crippen LogP contribution in [0.2, 0.25) is 0 Å². The van der Waals surface area contributed by atoms with Gasteiger partial charge in [-0.25, -0.2) is 0 Å². The number of hydrogen-bond acceptors (Lipinski definition) is 3. The average Bonchev–Trinajstić information content (AvgIpc) is 3.08. The van der Waals surface area contributed by atoms with E-state index >= 15 is 0 Å². The monoisotopic (exact) mass is 582 g/mol. The molecule has 4 heteroatoms. The van der Waals surface area contributed by atoms with Gasteiger partial charge in [-0.15, -0.1) is 0 Å². The molecule has 0 aromatic carbocycles. The highest BCUT2D eigenvalue weighted by Gasteiger charge is 2.14. The molecule has 236 valence electrons. The Kier molecular flexibility index (Phi) is 14.8. The Balaban J connectivity index is 4.94. The number of allylic oxidation sites excluding steroid dienone is 2. The Labute approximate surface area is 273 Å². The first kappa shape index (κ1) is 18.4. The molecule has 0 radical (unpaired) electrons. The normalized spacial score (nSPS) is 21.4. The van der Waals surface area contributed by atoms with Crippen molar-refractivity contribution < 1.29 is 42.7 Å². The largest absolute Gasteiger partial charge is 0.481 e. The maximum Gasteiger partial charge on any atom is 0.306 e. The summed E-state index contributed by atoms with van der Waals surface area (Å²) in [6.07, 6.45) is -8.04. The fraction of sp³-hybridized carbons (Fsp3) is 0.889. The molecule has 0 aliphatic carbocycles. The van der Waals surface area contributed by atoms with Gasteiger partial charge in [-0.05, 0) is 64.1 Å². The van der Waals surface area contributed by atoms with Crippen LogP contribution in [0.4, 0.5) is 0 Å². The van der Waals surface area contributed by atoms with Crippen LogP contribution in [-0.2, 0) is 14.3 Å². The molecule has 0 aliphatic heterocycles. The highest BCUT2D eigenvalue weighted by molar-refractivity contribution is 5.69. The lowest BCUT2D eigenvalue weighted by Gasteiger charge is -2.18. The Morgan fingerprint density at radius 2 is 1.25 bits per heavy atom. The highest BCUT2D eigenvalue weighted by atomic mass is 16.5. The number of esters is 1. The predicted molar refractivity (Wildman–Crippen MR) is 172 cm³/mol. The van der Waals surface area contributed by atoms with Crippen molar-refractivity contribution >= 4 is 11.9 Å². The third-order valence-corrected chi connectivity index (χ3v) is 6.68. The van der Waals surface area contributed by atoms with Gasteiger partial charge in [-0.2, -0.15) is 0 Å². The maximum absolute atomic E-state index is 12.7. The van der Waals surface area contributed by atoms with Crippen molar-refractivity contribution in [3.63, 3.8) is 0 Å². The van der Waals surface area contributed by atoms with Crippen LogP contribution in [0.25, 0.3) is 0 Å². The first-order valence-corrected chi connectivity index (χ1v) is 15.6. The van der Waals surface area contributed by atoms with E-state index in [2.05, 4.69) is 6.92 Å². The van der Waals surface area contributed by atoms with Gasteiger partial charge in [0.15, 0.2) is 0 Å². The number of aliphatic carboxylic acids is 1. The van der Waals surface area contributed by atoms with Gasteiger partial charge in [0.1, 0.15) is 6.10 Å². The van der Waals surface area contributed by atoms with Crippen molar-refractivity contribution in [3.8, 4) is 0 Å². The van der Waals surface area contributed by atoms with Crippen molar-refractivity contribution in [1.82, 2.24) is 0 Å².